The molecule has 5 nitrogen and oxygen atoms in total. The minimum atomic E-state index is -0.215. The highest BCUT2D eigenvalue weighted by atomic mass is 16.2. The van der Waals surface area contributed by atoms with Gasteiger partial charge >= 0.3 is 0 Å². The van der Waals surface area contributed by atoms with Gasteiger partial charge in [0.05, 0.1) is 0 Å². The van der Waals surface area contributed by atoms with E-state index in [9.17, 15) is 9.59 Å². The van der Waals surface area contributed by atoms with E-state index in [0.717, 1.165) is 5.56 Å². The fraction of sp³-hybridized carbons (Fsp3) is 0.429. The van der Waals surface area contributed by atoms with E-state index in [1.165, 1.54) is 0 Å². The smallest absolute Gasteiger partial charge is 0.251 e. The van der Waals surface area contributed by atoms with E-state index in [1.54, 1.807) is 18.2 Å². The third-order valence-corrected chi connectivity index (χ3v) is 2.45. The van der Waals surface area contributed by atoms with Crippen molar-refractivity contribution in [3.05, 3.63) is 29.3 Å². The summed E-state index contributed by atoms with van der Waals surface area (Å²) in [5, 5.41) is 5.47. The van der Waals surface area contributed by atoms with Crippen LogP contribution in [0.2, 0.25) is 0 Å². The second-order valence-electron chi connectivity index (χ2n) is 4.86. The van der Waals surface area contributed by atoms with Crippen LogP contribution in [-0.4, -0.2) is 24.4 Å². The molecule has 0 saturated carbocycles. The van der Waals surface area contributed by atoms with Crippen molar-refractivity contribution in [1.82, 2.24) is 10.6 Å². The van der Waals surface area contributed by atoms with Crippen LogP contribution in [0, 0.1) is 6.92 Å². The molecule has 0 atom stereocenters. The number of carbonyl (C=O) groups is 2. The molecule has 0 fully saturated rings. The second kappa shape index (κ2) is 6.78. The first-order chi connectivity index (χ1) is 8.88. The molecule has 19 heavy (non-hydrogen) atoms. The van der Waals surface area contributed by atoms with Crippen molar-refractivity contribution < 1.29 is 9.59 Å². The van der Waals surface area contributed by atoms with E-state index in [-0.39, 0.29) is 24.3 Å². The molecule has 0 bridgehead atoms. The Morgan fingerprint density at radius 3 is 2.53 bits per heavy atom. The number of hydrogen-bond donors (Lipinski definition) is 3. The summed E-state index contributed by atoms with van der Waals surface area (Å²) in [6.07, 6.45) is 0.269. The number of aryl methyl sites for hydroxylation is 1. The molecule has 1 aromatic carbocycles. The molecule has 0 saturated heterocycles. The molecule has 0 radical (unpaired) electrons. The highest BCUT2D eigenvalue weighted by Crippen LogP contribution is 2.10. The van der Waals surface area contributed by atoms with Crippen LogP contribution in [-0.2, 0) is 4.79 Å². The average Bonchev–Trinajstić information content (AvgIpc) is 2.26. The molecule has 104 valence electrons. The summed E-state index contributed by atoms with van der Waals surface area (Å²) in [7, 11) is 0. The van der Waals surface area contributed by atoms with Gasteiger partial charge in [0.1, 0.15) is 0 Å². The van der Waals surface area contributed by atoms with Crippen LogP contribution in [0.1, 0.15) is 36.2 Å². The second-order valence-corrected chi connectivity index (χ2v) is 4.86. The van der Waals surface area contributed by atoms with Crippen LogP contribution in [0.4, 0.5) is 5.69 Å². The summed E-state index contributed by atoms with van der Waals surface area (Å²) in [6, 6.07) is 5.29. The highest BCUT2D eigenvalue weighted by molar-refractivity contribution is 5.95. The Labute approximate surface area is 113 Å². The minimum Gasteiger partial charge on any atom is -0.399 e. The third kappa shape index (κ3) is 5.42. The van der Waals surface area contributed by atoms with Crippen LogP contribution >= 0.6 is 0 Å². The van der Waals surface area contributed by atoms with E-state index < -0.39 is 0 Å². The molecule has 0 aliphatic heterocycles. The number of anilines is 1. The van der Waals surface area contributed by atoms with Crippen molar-refractivity contribution in [1.29, 1.82) is 0 Å². The van der Waals surface area contributed by atoms with Gasteiger partial charge in [0.25, 0.3) is 5.91 Å². The molecule has 0 unspecified atom stereocenters. The Hall–Kier alpha value is -2.04. The van der Waals surface area contributed by atoms with Crippen molar-refractivity contribution in [2.75, 3.05) is 12.3 Å². The molecule has 1 rings (SSSR count). The topological polar surface area (TPSA) is 84.2 Å². The Kier molecular flexibility index (Phi) is 5.36. The maximum absolute atomic E-state index is 11.9. The van der Waals surface area contributed by atoms with Crippen LogP contribution in [0.5, 0.6) is 0 Å². The first-order valence-corrected chi connectivity index (χ1v) is 6.33. The van der Waals surface area contributed by atoms with Gasteiger partial charge in [0, 0.05) is 30.3 Å². The summed E-state index contributed by atoms with van der Waals surface area (Å²) >= 11 is 0. The molecule has 0 aliphatic carbocycles. The first kappa shape index (κ1) is 15.0. The van der Waals surface area contributed by atoms with Gasteiger partial charge in [-0.2, -0.15) is 0 Å². The van der Waals surface area contributed by atoms with Crippen LogP contribution in [0.3, 0.4) is 0 Å². The number of rotatable bonds is 5. The zero-order valence-electron chi connectivity index (χ0n) is 11.6. The normalized spacial score (nSPS) is 10.3. The Bertz CT molecular complexity index is 450. The van der Waals surface area contributed by atoms with E-state index in [2.05, 4.69) is 10.6 Å². The lowest BCUT2D eigenvalue weighted by Gasteiger charge is -2.09. The van der Waals surface area contributed by atoms with Crippen LogP contribution in [0.25, 0.3) is 0 Å². The highest BCUT2D eigenvalue weighted by Gasteiger charge is 2.08. The fourth-order valence-corrected chi connectivity index (χ4v) is 1.73. The fourth-order valence-electron chi connectivity index (χ4n) is 1.73. The lowest BCUT2D eigenvalue weighted by molar-refractivity contribution is -0.121. The number of nitrogens with two attached hydrogens (primary N) is 1. The molecule has 5 heteroatoms. The molecule has 0 spiro atoms. The third-order valence-electron chi connectivity index (χ3n) is 2.45. The van der Waals surface area contributed by atoms with Gasteiger partial charge in [-0.25, -0.2) is 0 Å². The summed E-state index contributed by atoms with van der Waals surface area (Å²) in [4.78, 5) is 23.3. The predicted molar refractivity (Wildman–Crippen MR) is 75.8 cm³/mol. The summed E-state index contributed by atoms with van der Waals surface area (Å²) < 4.78 is 0. The van der Waals surface area contributed by atoms with Gasteiger partial charge in [0.15, 0.2) is 0 Å². The molecule has 0 aliphatic rings. The number of carbonyl (C=O) groups excluding carboxylic acids is 2. The molecule has 2 amide bonds. The Morgan fingerprint density at radius 2 is 1.95 bits per heavy atom. The Morgan fingerprint density at radius 1 is 1.26 bits per heavy atom. The molecule has 0 heterocycles. The summed E-state index contributed by atoms with van der Waals surface area (Å²) in [5.41, 5.74) is 7.69. The largest absolute Gasteiger partial charge is 0.399 e. The van der Waals surface area contributed by atoms with Crippen molar-refractivity contribution in [2.24, 2.45) is 0 Å². The van der Waals surface area contributed by atoms with Crippen LogP contribution < -0.4 is 16.4 Å². The SMILES string of the molecule is Cc1cc(N)cc(C(=O)NCCC(=O)NC(C)C)c1. The van der Waals surface area contributed by atoms with Crippen molar-refractivity contribution in [2.45, 2.75) is 33.2 Å². The zero-order chi connectivity index (χ0) is 14.4. The lowest BCUT2D eigenvalue weighted by atomic mass is 10.1. The van der Waals surface area contributed by atoms with Gasteiger partial charge in [-0.1, -0.05) is 0 Å². The Balaban J connectivity index is 2.45. The first-order valence-electron chi connectivity index (χ1n) is 6.33. The van der Waals surface area contributed by atoms with Gasteiger partial charge in [-0.3, -0.25) is 9.59 Å². The molecule has 1 aromatic rings. The number of amides is 2. The van der Waals surface area contributed by atoms with Gasteiger partial charge < -0.3 is 16.4 Å². The van der Waals surface area contributed by atoms with Crippen molar-refractivity contribution in [3.8, 4) is 0 Å². The van der Waals surface area contributed by atoms with Gasteiger partial charge in [0.2, 0.25) is 5.91 Å². The number of nitrogens with one attached hydrogen (secondary N) is 2. The molecular formula is C14H21N3O2. The summed E-state index contributed by atoms with van der Waals surface area (Å²) in [6.45, 7) is 5.98. The standard InChI is InChI=1S/C14H21N3O2/c1-9(2)17-13(18)4-5-16-14(19)11-6-10(3)7-12(15)8-11/h6-9H,4-5,15H2,1-3H3,(H,16,19)(H,17,18). The van der Waals surface area contributed by atoms with E-state index >= 15 is 0 Å². The minimum absolute atomic E-state index is 0.0703. The average molecular weight is 263 g/mol. The predicted octanol–water partition coefficient (Wildman–Crippen LogP) is 1.22. The number of nitrogen functional groups attached to an aromatic ring is 1. The van der Waals surface area contributed by atoms with Gasteiger partial charge in [-0.15, -0.1) is 0 Å². The molecule has 4 N–H and O–H groups in total. The monoisotopic (exact) mass is 263 g/mol. The molecular weight excluding hydrogens is 242 g/mol. The van der Waals surface area contributed by atoms with Crippen LogP contribution in [0.15, 0.2) is 18.2 Å². The summed E-state index contributed by atoms with van der Waals surface area (Å²) in [5.74, 6) is -0.285. The van der Waals surface area contributed by atoms with E-state index in [1.807, 2.05) is 20.8 Å². The quantitative estimate of drug-likeness (QED) is 0.698. The number of benzene rings is 1. The van der Waals surface area contributed by atoms with E-state index in [4.69, 9.17) is 5.73 Å². The number of hydrogen-bond acceptors (Lipinski definition) is 3. The van der Waals surface area contributed by atoms with E-state index in [0.29, 0.717) is 17.8 Å². The van der Waals surface area contributed by atoms with Crippen molar-refractivity contribution >= 4 is 17.5 Å². The molecule has 0 aromatic heterocycles. The zero-order valence-corrected chi connectivity index (χ0v) is 11.6. The van der Waals surface area contributed by atoms with Crippen molar-refractivity contribution in [3.63, 3.8) is 0 Å². The van der Waals surface area contributed by atoms with Gasteiger partial charge in [-0.05, 0) is 44.5 Å². The maximum Gasteiger partial charge on any atom is 0.251 e. The maximum atomic E-state index is 11.9. The lowest BCUT2D eigenvalue weighted by Crippen LogP contribution is -2.34.